The van der Waals surface area contributed by atoms with Gasteiger partial charge in [0.15, 0.2) is 0 Å². The Morgan fingerprint density at radius 3 is 2.85 bits per heavy atom. The first-order chi connectivity index (χ1) is 6.08. The van der Waals surface area contributed by atoms with Crippen LogP contribution in [0.2, 0.25) is 5.02 Å². The largest absolute Gasteiger partial charge is 0.259 e. The Labute approximate surface area is 81.9 Å². The van der Waals surface area contributed by atoms with Gasteiger partial charge in [-0.05, 0) is 31.9 Å². The van der Waals surface area contributed by atoms with E-state index < -0.39 is 5.67 Å². The first kappa shape index (κ1) is 8.95. The molecule has 0 radical (unpaired) electrons. The highest BCUT2D eigenvalue weighted by Gasteiger charge is 2.42. The van der Waals surface area contributed by atoms with Gasteiger partial charge in [0, 0.05) is 12.1 Å². The number of nitrogens with zero attached hydrogens (tertiary/aromatic N) is 1. The van der Waals surface area contributed by atoms with Crippen molar-refractivity contribution in [3.8, 4) is 0 Å². The summed E-state index contributed by atoms with van der Waals surface area (Å²) >= 11 is 5.94. The van der Waals surface area contributed by atoms with E-state index in [1.807, 2.05) is 0 Å². The second kappa shape index (κ2) is 2.95. The molecule has 1 heterocycles. The highest BCUT2D eigenvalue weighted by molar-refractivity contribution is 6.31. The van der Waals surface area contributed by atoms with Crippen molar-refractivity contribution >= 4 is 11.6 Å². The normalized spacial score (nSPS) is 32.7. The minimum absolute atomic E-state index is 0.212. The number of halogens is 2. The van der Waals surface area contributed by atoms with Gasteiger partial charge in [-0.2, -0.15) is 0 Å². The molecule has 0 aromatic carbocycles. The molecule has 13 heavy (non-hydrogen) atoms. The molecule has 1 aliphatic carbocycles. The van der Waals surface area contributed by atoms with Gasteiger partial charge >= 0.3 is 0 Å². The molecule has 1 aliphatic rings. The van der Waals surface area contributed by atoms with E-state index in [1.165, 1.54) is 0 Å². The number of rotatable bonds is 1. The summed E-state index contributed by atoms with van der Waals surface area (Å²) < 4.78 is 13.2. The molecule has 1 aromatic heterocycles. The van der Waals surface area contributed by atoms with E-state index in [0.717, 1.165) is 5.69 Å². The quantitative estimate of drug-likeness (QED) is 0.676. The van der Waals surface area contributed by atoms with Crippen molar-refractivity contribution < 1.29 is 4.39 Å². The number of aromatic nitrogens is 1. The monoisotopic (exact) mass is 199 g/mol. The molecule has 1 saturated carbocycles. The van der Waals surface area contributed by atoms with E-state index in [1.54, 1.807) is 25.3 Å². The van der Waals surface area contributed by atoms with E-state index in [0.29, 0.717) is 17.9 Å². The van der Waals surface area contributed by atoms with E-state index in [-0.39, 0.29) is 5.92 Å². The van der Waals surface area contributed by atoms with Crippen LogP contribution in [-0.2, 0) is 0 Å². The third-order valence-corrected chi connectivity index (χ3v) is 2.84. The molecule has 70 valence electrons. The summed E-state index contributed by atoms with van der Waals surface area (Å²) in [5.74, 6) is 0.212. The molecule has 2 rings (SSSR count). The van der Waals surface area contributed by atoms with Crippen LogP contribution in [0.15, 0.2) is 18.3 Å². The third-order valence-electron chi connectivity index (χ3n) is 2.52. The predicted octanol–water partition coefficient (Wildman–Crippen LogP) is 3.34. The van der Waals surface area contributed by atoms with Crippen molar-refractivity contribution in [2.24, 2.45) is 0 Å². The van der Waals surface area contributed by atoms with Crippen LogP contribution in [0, 0.1) is 0 Å². The Morgan fingerprint density at radius 2 is 2.31 bits per heavy atom. The SMILES string of the molecule is CC1(F)CC(c2ncccc2Cl)C1. The molecule has 0 unspecified atom stereocenters. The van der Waals surface area contributed by atoms with Gasteiger partial charge in [0.1, 0.15) is 5.67 Å². The summed E-state index contributed by atoms with van der Waals surface area (Å²) in [6.07, 6.45) is 2.79. The van der Waals surface area contributed by atoms with Crippen LogP contribution in [0.3, 0.4) is 0 Å². The first-order valence-electron chi connectivity index (χ1n) is 4.38. The number of hydrogen-bond donors (Lipinski definition) is 0. The highest BCUT2D eigenvalue weighted by Crippen LogP contribution is 2.47. The van der Waals surface area contributed by atoms with Crippen LogP contribution in [0.25, 0.3) is 0 Å². The summed E-state index contributed by atoms with van der Waals surface area (Å²) in [4.78, 5) is 4.17. The Bertz CT molecular complexity index is 316. The highest BCUT2D eigenvalue weighted by atomic mass is 35.5. The molecule has 0 saturated heterocycles. The molecule has 1 aromatic rings. The van der Waals surface area contributed by atoms with Gasteiger partial charge in [-0.3, -0.25) is 4.98 Å². The lowest BCUT2D eigenvalue weighted by molar-refractivity contribution is 0.0600. The minimum atomic E-state index is -1.01. The van der Waals surface area contributed by atoms with E-state index in [9.17, 15) is 4.39 Å². The molecule has 0 atom stereocenters. The Kier molecular flexibility index (Phi) is 2.03. The maximum absolute atomic E-state index is 13.2. The summed E-state index contributed by atoms with van der Waals surface area (Å²) in [6.45, 7) is 1.63. The molecular formula is C10H11ClFN. The molecule has 0 N–H and O–H groups in total. The summed E-state index contributed by atoms with van der Waals surface area (Å²) in [6, 6.07) is 3.59. The van der Waals surface area contributed by atoms with Crippen molar-refractivity contribution in [1.82, 2.24) is 4.98 Å². The van der Waals surface area contributed by atoms with Gasteiger partial charge < -0.3 is 0 Å². The zero-order chi connectivity index (χ0) is 9.47. The Balaban J connectivity index is 2.16. The fourth-order valence-corrected chi connectivity index (χ4v) is 2.14. The molecule has 1 nitrogen and oxygen atoms in total. The minimum Gasteiger partial charge on any atom is -0.259 e. The van der Waals surface area contributed by atoms with Crippen molar-refractivity contribution in [2.45, 2.75) is 31.4 Å². The third kappa shape index (κ3) is 1.68. The standard InChI is InChI=1S/C10H11ClFN/c1-10(12)5-7(6-10)9-8(11)3-2-4-13-9/h2-4,7H,5-6H2,1H3. The van der Waals surface area contributed by atoms with E-state index in [2.05, 4.69) is 4.98 Å². The summed E-state index contributed by atoms with van der Waals surface area (Å²) in [5.41, 5.74) is -0.162. The van der Waals surface area contributed by atoms with Gasteiger partial charge in [0.2, 0.25) is 0 Å². The van der Waals surface area contributed by atoms with Crippen LogP contribution in [0.5, 0.6) is 0 Å². The van der Waals surface area contributed by atoms with E-state index >= 15 is 0 Å². The molecule has 0 amide bonds. The average molecular weight is 200 g/mol. The lowest BCUT2D eigenvalue weighted by Gasteiger charge is -2.38. The van der Waals surface area contributed by atoms with Crippen molar-refractivity contribution in [2.75, 3.05) is 0 Å². The van der Waals surface area contributed by atoms with Gasteiger partial charge in [-0.15, -0.1) is 0 Å². The second-order valence-corrected chi connectivity index (χ2v) is 4.30. The topological polar surface area (TPSA) is 12.9 Å². The fourth-order valence-electron chi connectivity index (χ4n) is 1.86. The molecule has 1 fully saturated rings. The van der Waals surface area contributed by atoms with Crippen LogP contribution >= 0.6 is 11.6 Å². The van der Waals surface area contributed by atoms with Crippen LogP contribution < -0.4 is 0 Å². The zero-order valence-corrected chi connectivity index (χ0v) is 8.18. The van der Waals surface area contributed by atoms with Gasteiger partial charge in [0.05, 0.1) is 10.7 Å². The first-order valence-corrected chi connectivity index (χ1v) is 4.76. The van der Waals surface area contributed by atoms with Crippen molar-refractivity contribution in [3.63, 3.8) is 0 Å². The predicted molar refractivity (Wildman–Crippen MR) is 50.7 cm³/mol. The summed E-state index contributed by atoms with van der Waals surface area (Å²) in [7, 11) is 0. The smallest absolute Gasteiger partial charge is 0.109 e. The van der Waals surface area contributed by atoms with Crippen LogP contribution in [0.1, 0.15) is 31.4 Å². The van der Waals surface area contributed by atoms with Gasteiger partial charge in [-0.1, -0.05) is 11.6 Å². The van der Waals surface area contributed by atoms with E-state index in [4.69, 9.17) is 11.6 Å². The number of hydrogen-bond acceptors (Lipinski definition) is 1. The molecule has 0 bridgehead atoms. The van der Waals surface area contributed by atoms with Crippen molar-refractivity contribution in [3.05, 3.63) is 29.0 Å². The maximum Gasteiger partial charge on any atom is 0.109 e. The number of alkyl halides is 1. The molecule has 3 heteroatoms. The van der Waals surface area contributed by atoms with Crippen molar-refractivity contribution in [1.29, 1.82) is 0 Å². The molecular weight excluding hydrogens is 189 g/mol. The molecule has 0 spiro atoms. The summed E-state index contributed by atoms with van der Waals surface area (Å²) in [5, 5.41) is 0.656. The van der Waals surface area contributed by atoms with Crippen LogP contribution in [-0.4, -0.2) is 10.7 Å². The van der Waals surface area contributed by atoms with Gasteiger partial charge in [0.25, 0.3) is 0 Å². The lowest BCUT2D eigenvalue weighted by atomic mass is 9.72. The number of pyridine rings is 1. The fraction of sp³-hybridized carbons (Fsp3) is 0.500. The lowest BCUT2D eigenvalue weighted by Crippen LogP contribution is -2.35. The van der Waals surface area contributed by atoms with Gasteiger partial charge in [-0.25, -0.2) is 4.39 Å². The van der Waals surface area contributed by atoms with Crippen LogP contribution in [0.4, 0.5) is 4.39 Å². The second-order valence-electron chi connectivity index (χ2n) is 3.89. The Morgan fingerprint density at radius 1 is 1.62 bits per heavy atom. The Hall–Kier alpha value is -0.630. The molecule has 0 aliphatic heterocycles. The zero-order valence-electron chi connectivity index (χ0n) is 7.43. The maximum atomic E-state index is 13.2. The average Bonchev–Trinajstić information content (AvgIpc) is 2.01.